The molecule has 2 unspecified atom stereocenters. The first kappa shape index (κ1) is 51.2. The molecular formula is C42H67N5O9. The third kappa shape index (κ3) is 16.1. The van der Waals surface area contributed by atoms with E-state index in [1.807, 2.05) is 82.2 Å². The van der Waals surface area contributed by atoms with Crippen molar-refractivity contribution in [3.05, 3.63) is 34.9 Å². The van der Waals surface area contributed by atoms with Gasteiger partial charge in [0.05, 0.1) is 6.10 Å². The number of carbonyl (C=O) groups excluding carboxylic acids is 7. The van der Waals surface area contributed by atoms with Crippen molar-refractivity contribution in [1.29, 1.82) is 0 Å². The summed E-state index contributed by atoms with van der Waals surface area (Å²) in [4.78, 5) is 86.0. The lowest BCUT2D eigenvalue weighted by atomic mass is 10.0. The van der Waals surface area contributed by atoms with E-state index < -0.39 is 23.6 Å². The van der Waals surface area contributed by atoms with Crippen LogP contribution in [0, 0.1) is 11.8 Å². The highest BCUT2D eigenvalue weighted by Gasteiger charge is 2.39. The van der Waals surface area contributed by atoms with Gasteiger partial charge in [0, 0.05) is 57.6 Å². The SMILES string of the molecule is CC.CC.CC.CC.CC(=O)N(C)C1CCC(=O)NC1=O.CC(C)(C)OC(=O)N1CCC(OCC#Cc2ccc3c(c2)CN(C2CCC(=O)NC2=O)C3=O)CC1. The lowest BCUT2D eigenvalue weighted by molar-refractivity contribution is -0.143. The van der Waals surface area contributed by atoms with Crippen LogP contribution in [-0.2, 0) is 40.0 Å². The first-order valence-electron chi connectivity index (χ1n) is 20.1. The number of nitrogens with one attached hydrogen (secondary N) is 2. The van der Waals surface area contributed by atoms with Gasteiger partial charge in [0.2, 0.25) is 29.5 Å². The number of imide groups is 2. The number of hydrogen-bond acceptors (Lipinski definition) is 9. The number of fused-ring (bicyclic) bond motifs is 1. The number of rotatable bonds is 4. The predicted octanol–water partition coefficient (Wildman–Crippen LogP) is 5.59. The molecule has 1 aromatic rings. The van der Waals surface area contributed by atoms with Gasteiger partial charge in [-0.15, -0.1) is 0 Å². The van der Waals surface area contributed by atoms with Crippen molar-refractivity contribution in [3.63, 3.8) is 0 Å². The molecule has 2 N–H and O–H groups in total. The Morgan fingerprint density at radius 3 is 1.91 bits per heavy atom. The van der Waals surface area contributed by atoms with Gasteiger partial charge >= 0.3 is 6.09 Å². The monoisotopic (exact) mass is 785 g/mol. The summed E-state index contributed by atoms with van der Waals surface area (Å²) in [7, 11) is 1.56. The van der Waals surface area contributed by atoms with Crippen molar-refractivity contribution in [2.45, 2.75) is 152 Å². The number of amides is 7. The average molecular weight is 786 g/mol. The molecule has 7 amide bonds. The Hall–Kier alpha value is -4.77. The molecule has 4 heterocycles. The fraction of sp³-hybridized carbons (Fsp3) is 0.643. The second-order valence-corrected chi connectivity index (χ2v) is 13.1. The Kier molecular flexibility index (Phi) is 23.9. The predicted molar refractivity (Wildman–Crippen MR) is 216 cm³/mol. The van der Waals surface area contributed by atoms with E-state index in [1.54, 1.807) is 24.1 Å². The van der Waals surface area contributed by atoms with Gasteiger partial charge in [-0.3, -0.25) is 39.4 Å². The van der Waals surface area contributed by atoms with Gasteiger partial charge in [-0.25, -0.2) is 4.79 Å². The van der Waals surface area contributed by atoms with Gasteiger partial charge < -0.3 is 24.2 Å². The van der Waals surface area contributed by atoms with E-state index in [2.05, 4.69) is 22.5 Å². The molecular weight excluding hydrogens is 718 g/mol. The Balaban J connectivity index is 0.00000120. The third-order valence-corrected chi connectivity index (χ3v) is 8.42. The molecule has 0 radical (unpaired) electrons. The zero-order chi connectivity index (χ0) is 43.2. The van der Waals surface area contributed by atoms with E-state index in [4.69, 9.17) is 9.47 Å². The van der Waals surface area contributed by atoms with E-state index in [-0.39, 0.29) is 54.8 Å². The lowest BCUT2D eigenvalue weighted by Gasteiger charge is -2.33. The van der Waals surface area contributed by atoms with Crippen LogP contribution in [0.5, 0.6) is 0 Å². The van der Waals surface area contributed by atoms with E-state index in [9.17, 15) is 33.6 Å². The fourth-order valence-electron chi connectivity index (χ4n) is 5.75. The molecule has 3 fully saturated rings. The van der Waals surface area contributed by atoms with Crippen LogP contribution in [-0.4, -0.2) is 107 Å². The van der Waals surface area contributed by atoms with Crippen LogP contribution in [0.2, 0.25) is 0 Å². The summed E-state index contributed by atoms with van der Waals surface area (Å²) in [5, 5.41) is 4.50. The molecule has 0 saturated carbocycles. The molecule has 1 aromatic carbocycles. The number of piperidine rings is 3. The number of benzene rings is 1. The minimum absolute atomic E-state index is 0.0442. The highest BCUT2D eigenvalue weighted by molar-refractivity contribution is 6.05. The quantitative estimate of drug-likeness (QED) is 0.292. The molecule has 0 bridgehead atoms. The number of nitrogens with zero attached hydrogens (tertiary/aromatic N) is 3. The standard InChI is InChI=1S/C26H31N3O6.C8H12N2O3.4C2H6/c1-26(2,3)35-25(33)28-12-10-19(11-13-28)34-14-4-5-17-6-7-20-18(15-17)16-29(24(20)32)21-8-9-22(30)27-23(21)31;1-5(11)10(2)6-3-4-7(12)9-8(6)13;4*1-2/h6-7,15,19,21H,8-14,16H2,1-3H3,(H,27,30,31);6H,3-4H2,1-2H3,(H,9,12,13);4*1-2H3. The number of hydrogen-bond donors (Lipinski definition) is 2. The molecule has 4 aliphatic rings. The van der Waals surface area contributed by atoms with Crippen molar-refractivity contribution in [2.75, 3.05) is 26.7 Å². The molecule has 2 atom stereocenters. The van der Waals surface area contributed by atoms with Crippen LogP contribution in [0.3, 0.4) is 0 Å². The van der Waals surface area contributed by atoms with E-state index in [0.29, 0.717) is 44.5 Å². The van der Waals surface area contributed by atoms with E-state index in [1.165, 1.54) is 16.7 Å². The van der Waals surface area contributed by atoms with Crippen molar-refractivity contribution in [2.24, 2.45) is 0 Å². The Bertz CT molecular complexity index is 1530. The van der Waals surface area contributed by atoms with Gasteiger partial charge in [-0.1, -0.05) is 67.2 Å². The van der Waals surface area contributed by atoms with Crippen LogP contribution >= 0.6 is 0 Å². The molecule has 0 spiro atoms. The summed E-state index contributed by atoms with van der Waals surface area (Å²) in [6, 6.07) is 4.27. The van der Waals surface area contributed by atoms with Gasteiger partial charge in [0.15, 0.2) is 0 Å². The fourth-order valence-corrected chi connectivity index (χ4v) is 5.75. The Labute approximate surface area is 334 Å². The van der Waals surface area contributed by atoms with Crippen molar-refractivity contribution in [3.8, 4) is 11.8 Å². The van der Waals surface area contributed by atoms with Crippen molar-refractivity contribution >= 4 is 41.5 Å². The third-order valence-electron chi connectivity index (χ3n) is 8.42. The maximum absolute atomic E-state index is 12.8. The van der Waals surface area contributed by atoms with Gasteiger partial charge in [0.1, 0.15) is 24.3 Å². The van der Waals surface area contributed by atoms with Crippen LogP contribution in [0.25, 0.3) is 0 Å². The van der Waals surface area contributed by atoms with Crippen molar-refractivity contribution in [1.82, 2.24) is 25.3 Å². The molecule has 14 nitrogen and oxygen atoms in total. The number of carbonyl (C=O) groups is 7. The second-order valence-electron chi connectivity index (χ2n) is 13.1. The van der Waals surface area contributed by atoms with E-state index >= 15 is 0 Å². The molecule has 56 heavy (non-hydrogen) atoms. The maximum Gasteiger partial charge on any atom is 0.410 e. The Morgan fingerprint density at radius 1 is 0.839 bits per heavy atom. The second kappa shape index (κ2) is 26.2. The molecule has 3 saturated heterocycles. The van der Waals surface area contributed by atoms with Crippen LogP contribution in [0.1, 0.15) is 143 Å². The minimum Gasteiger partial charge on any atom is -0.444 e. The topological polar surface area (TPSA) is 172 Å². The summed E-state index contributed by atoms with van der Waals surface area (Å²) >= 11 is 0. The Morgan fingerprint density at radius 2 is 1.39 bits per heavy atom. The zero-order valence-electron chi connectivity index (χ0n) is 36.1. The van der Waals surface area contributed by atoms with Crippen LogP contribution in [0.4, 0.5) is 4.79 Å². The van der Waals surface area contributed by atoms with Gasteiger partial charge in [-0.2, -0.15) is 0 Å². The molecule has 0 aliphatic carbocycles. The average Bonchev–Trinajstić information content (AvgIpc) is 3.50. The molecule has 14 heteroatoms. The molecule has 5 rings (SSSR count). The van der Waals surface area contributed by atoms with E-state index in [0.717, 1.165) is 24.0 Å². The summed E-state index contributed by atoms with van der Waals surface area (Å²) in [5.41, 5.74) is 1.65. The summed E-state index contributed by atoms with van der Waals surface area (Å²) in [6.07, 6.45) is 2.51. The van der Waals surface area contributed by atoms with Gasteiger partial charge in [0.25, 0.3) is 5.91 Å². The number of likely N-dealkylation sites (tertiary alicyclic amines) is 1. The van der Waals surface area contributed by atoms with Crippen LogP contribution < -0.4 is 10.6 Å². The first-order chi connectivity index (χ1) is 26.6. The lowest BCUT2D eigenvalue weighted by Crippen LogP contribution is -2.52. The number of likely N-dealkylation sites (N-methyl/N-ethyl adjacent to an activating group) is 1. The molecule has 0 aromatic heterocycles. The highest BCUT2D eigenvalue weighted by Crippen LogP contribution is 2.28. The van der Waals surface area contributed by atoms with Gasteiger partial charge in [-0.05, 0) is 70.2 Å². The van der Waals surface area contributed by atoms with Crippen LogP contribution in [0.15, 0.2) is 18.2 Å². The largest absolute Gasteiger partial charge is 0.444 e. The zero-order valence-corrected chi connectivity index (χ0v) is 36.1. The summed E-state index contributed by atoms with van der Waals surface area (Å²) in [6.45, 7) is 24.7. The number of ether oxygens (including phenoxy) is 2. The smallest absolute Gasteiger partial charge is 0.410 e. The molecule has 4 aliphatic heterocycles. The summed E-state index contributed by atoms with van der Waals surface area (Å²) in [5.74, 6) is 4.36. The summed E-state index contributed by atoms with van der Waals surface area (Å²) < 4.78 is 11.3. The minimum atomic E-state index is -0.628. The first-order valence-corrected chi connectivity index (χ1v) is 20.1. The normalized spacial score (nSPS) is 18.6. The highest BCUT2D eigenvalue weighted by atomic mass is 16.6. The van der Waals surface area contributed by atoms with Crippen molar-refractivity contribution < 1.29 is 43.0 Å². The molecule has 314 valence electrons. The maximum atomic E-state index is 12.8.